The molecule has 0 spiro atoms. The lowest BCUT2D eigenvalue weighted by Crippen LogP contribution is -2.50. The van der Waals surface area contributed by atoms with Gasteiger partial charge < -0.3 is 19.5 Å². The summed E-state index contributed by atoms with van der Waals surface area (Å²) >= 11 is 0. The molecular formula is C17H30N2O5. The van der Waals surface area contributed by atoms with Gasteiger partial charge in [-0.05, 0) is 25.8 Å². The number of amides is 1. The quantitative estimate of drug-likeness (QED) is 0.738. The van der Waals surface area contributed by atoms with E-state index in [-0.39, 0.29) is 31.3 Å². The number of nitrogens with zero attached hydrogens (tertiary/aromatic N) is 2. The molecule has 1 saturated heterocycles. The van der Waals surface area contributed by atoms with Crippen LogP contribution < -0.4 is 0 Å². The van der Waals surface area contributed by atoms with Crippen molar-refractivity contribution in [1.29, 1.82) is 0 Å². The van der Waals surface area contributed by atoms with E-state index in [1.165, 1.54) is 12.8 Å². The highest BCUT2D eigenvalue weighted by Crippen LogP contribution is 2.25. The van der Waals surface area contributed by atoms with E-state index in [2.05, 4.69) is 6.92 Å². The molecule has 1 saturated carbocycles. The zero-order valence-corrected chi connectivity index (χ0v) is 14.8. The second-order valence-corrected chi connectivity index (χ2v) is 7.13. The molecule has 2 aliphatic rings. The summed E-state index contributed by atoms with van der Waals surface area (Å²) < 4.78 is 11.5. The van der Waals surface area contributed by atoms with Crippen LogP contribution in [-0.2, 0) is 19.1 Å². The lowest BCUT2D eigenvalue weighted by atomic mass is 9.89. The number of carboxylic acid groups (broad SMARTS) is 1. The highest BCUT2D eigenvalue weighted by Gasteiger charge is 2.27. The molecule has 0 aromatic rings. The van der Waals surface area contributed by atoms with Gasteiger partial charge in [0.25, 0.3) is 0 Å². The molecule has 2 fully saturated rings. The van der Waals surface area contributed by atoms with Crippen LogP contribution in [0.5, 0.6) is 0 Å². The number of carboxylic acids is 1. The van der Waals surface area contributed by atoms with Gasteiger partial charge in [0.1, 0.15) is 6.61 Å². The van der Waals surface area contributed by atoms with E-state index in [9.17, 15) is 9.59 Å². The average Bonchev–Trinajstić information content (AvgIpc) is 2.52. The van der Waals surface area contributed by atoms with E-state index in [0.717, 1.165) is 12.8 Å². The van der Waals surface area contributed by atoms with Crippen molar-refractivity contribution in [2.75, 3.05) is 46.4 Å². The van der Waals surface area contributed by atoms with Gasteiger partial charge in [0.2, 0.25) is 5.91 Å². The van der Waals surface area contributed by atoms with Crippen molar-refractivity contribution in [2.45, 2.75) is 44.8 Å². The summed E-state index contributed by atoms with van der Waals surface area (Å²) in [5.41, 5.74) is 0. The van der Waals surface area contributed by atoms with Crippen LogP contribution in [0.4, 0.5) is 0 Å². The number of rotatable bonds is 7. The van der Waals surface area contributed by atoms with E-state index < -0.39 is 5.97 Å². The van der Waals surface area contributed by atoms with Crippen molar-refractivity contribution in [2.24, 2.45) is 5.92 Å². The Bertz CT molecular complexity index is 431. The number of hydrogen-bond donors (Lipinski definition) is 1. The molecule has 1 aliphatic carbocycles. The molecule has 0 aromatic carbocycles. The van der Waals surface area contributed by atoms with E-state index in [1.54, 1.807) is 16.8 Å². The van der Waals surface area contributed by atoms with Crippen molar-refractivity contribution in [3.05, 3.63) is 0 Å². The number of carbonyl (C=O) groups is 2. The maximum absolute atomic E-state index is 12.4. The van der Waals surface area contributed by atoms with Crippen LogP contribution in [-0.4, -0.2) is 85.4 Å². The Morgan fingerprint density at radius 3 is 2.88 bits per heavy atom. The lowest BCUT2D eigenvalue weighted by Gasteiger charge is -2.35. The first-order chi connectivity index (χ1) is 11.4. The van der Waals surface area contributed by atoms with Crippen LogP contribution in [0.15, 0.2) is 0 Å². The molecule has 1 heterocycles. The zero-order valence-electron chi connectivity index (χ0n) is 14.8. The normalized spacial score (nSPS) is 28.1. The first-order valence-corrected chi connectivity index (χ1v) is 8.85. The largest absolute Gasteiger partial charge is 0.480 e. The number of hydrogen-bond acceptors (Lipinski definition) is 5. The van der Waals surface area contributed by atoms with Crippen LogP contribution in [0.25, 0.3) is 0 Å². The summed E-state index contributed by atoms with van der Waals surface area (Å²) in [6, 6.07) is 0. The molecule has 7 nitrogen and oxygen atoms in total. The number of ether oxygens (including phenoxy) is 2. The third-order valence-corrected chi connectivity index (χ3v) is 4.74. The smallest absolute Gasteiger partial charge is 0.317 e. The minimum Gasteiger partial charge on any atom is -0.480 e. The Labute approximate surface area is 143 Å². The fourth-order valence-corrected chi connectivity index (χ4v) is 3.51. The van der Waals surface area contributed by atoms with Crippen LogP contribution in [0, 0.1) is 5.92 Å². The van der Waals surface area contributed by atoms with Gasteiger partial charge in [-0.1, -0.05) is 19.8 Å². The lowest BCUT2D eigenvalue weighted by molar-refractivity contribution is -0.148. The number of carbonyl (C=O) groups excluding carboxylic acids is 1. The van der Waals surface area contributed by atoms with Crippen molar-refractivity contribution in [3.8, 4) is 0 Å². The van der Waals surface area contributed by atoms with Gasteiger partial charge in [0.15, 0.2) is 0 Å². The van der Waals surface area contributed by atoms with E-state index in [0.29, 0.717) is 32.2 Å². The summed E-state index contributed by atoms with van der Waals surface area (Å²) in [5.74, 6) is -0.185. The summed E-state index contributed by atoms with van der Waals surface area (Å²) in [5, 5.41) is 8.80. The Morgan fingerprint density at radius 1 is 1.38 bits per heavy atom. The standard InChI is InChI=1S/C17H30N2O5/c1-13-4-3-5-14(8-13)24-12-16(20)19-6-7-23-15(10-19)9-18(2)11-17(21)22/h13-15H,3-12H2,1-2H3,(H,21,22)/t13-,14-,15-/m1/s1. The van der Waals surface area contributed by atoms with E-state index in [4.69, 9.17) is 14.6 Å². The molecule has 1 aliphatic heterocycles. The highest BCUT2D eigenvalue weighted by atomic mass is 16.5. The average molecular weight is 342 g/mol. The maximum Gasteiger partial charge on any atom is 0.317 e. The van der Waals surface area contributed by atoms with Gasteiger partial charge in [0.05, 0.1) is 25.4 Å². The predicted octanol–water partition coefficient (Wildman–Crippen LogP) is 0.826. The monoisotopic (exact) mass is 342 g/mol. The van der Waals surface area contributed by atoms with Crippen molar-refractivity contribution < 1.29 is 24.2 Å². The van der Waals surface area contributed by atoms with Crippen LogP contribution >= 0.6 is 0 Å². The summed E-state index contributed by atoms with van der Waals surface area (Å²) in [7, 11) is 1.74. The molecule has 7 heteroatoms. The van der Waals surface area contributed by atoms with Gasteiger partial charge >= 0.3 is 5.97 Å². The molecule has 0 radical (unpaired) electrons. The molecular weight excluding hydrogens is 312 g/mol. The Morgan fingerprint density at radius 2 is 2.17 bits per heavy atom. The van der Waals surface area contributed by atoms with Crippen LogP contribution in [0.3, 0.4) is 0 Å². The molecule has 138 valence electrons. The molecule has 0 bridgehead atoms. The number of morpholine rings is 1. The summed E-state index contributed by atoms with van der Waals surface area (Å²) in [6.07, 6.45) is 4.57. The van der Waals surface area contributed by atoms with Gasteiger partial charge in [-0.2, -0.15) is 0 Å². The first-order valence-electron chi connectivity index (χ1n) is 8.85. The fraction of sp³-hybridized carbons (Fsp3) is 0.882. The van der Waals surface area contributed by atoms with Gasteiger partial charge in [-0.15, -0.1) is 0 Å². The predicted molar refractivity (Wildman–Crippen MR) is 88.8 cm³/mol. The number of aliphatic carboxylic acids is 1. The van der Waals surface area contributed by atoms with E-state index >= 15 is 0 Å². The Hall–Kier alpha value is -1.18. The third kappa shape index (κ3) is 6.37. The Balaban J connectivity index is 1.72. The second kappa shape index (κ2) is 9.34. The molecule has 0 aromatic heterocycles. The van der Waals surface area contributed by atoms with Crippen molar-refractivity contribution in [3.63, 3.8) is 0 Å². The molecule has 1 N–H and O–H groups in total. The number of likely N-dealkylation sites (N-methyl/N-ethyl adjacent to an activating group) is 1. The van der Waals surface area contributed by atoms with Crippen LogP contribution in [0.1, 0.15) is 32.6 Å². The van der Waals surface area contributed by atoms with Gasteiger partial charge in [-0.3, -0.25) is 14.5 Å². The summed E-state index contributed by atoms with van der Waals surface area (Å²) in [6.45, 7) is 4.38. The maximum atomic E-state index is 12.4. The minimum absolute atomic E-state index is 0.00224. The van der Waals surface area contributed by atoms with Crippen molar-refractivity contribution >= 4 is 11.9 Å². The van der Waals surface area contributed by atoms with Crippen molar-refractivity contribution in [1.82, 2.24) is 9.80 Å². The molecule has 1 amide bonds. The summed E-state index contributed by atoms with van der Waals surface area (Å²) in [4.78, 5) is 26.6. The molecule has 2 rings (SSSR count). The molecule has 24 heavy (non-hydrogen) atoms. The SMILES string of the molecule is C[C@@H]1CCC[C@@H](OCC(=O)N2CCO[C@H](CN(C)CC(=O)O)C2)C1. The highest BCUT2D eigenvalue weighted by molar-refractivity contribution is 5.77. The zero-order chi connectivity index (χ0) is 17.5. The topological polar surface area (TPSA) is 79.3 Å². The van der Waals surface area contributed by atoms with Crippen LogP contribution in [0.2, 0.25) is 0 Å². The molecule has 3 atom stereocenters. The van der Waals surface area contributed by atoms with Gasteiger partial charge in [-0.25, -0.2) is 0 Å². The van der Waals surface area contributed by atoms with E-state index in [1.807, 2.05) is 0 Å². The second-order valence-electron chi connectivity index (χ2n) is 7.13. The molecule has 0 unspecified atom stereocenters. The first kappa shape index (κ1) is 19.1. The fourth-order valence-electron chi connectivity index (χ4n) is 3.51. The minimum atomic E-state index is -0.864. The third-order valence-electron chi connectivity index (χ3n) is 4.74. The van der Waals surface area contributed by atoms with Gasteiger partial charge in [0, 0.05) is 19.6 Å². The Kier molecular flexibility index (Phi) is 7.45.